The van der Waals surface area contributed by atoms with Gasteiger partial charge in [-0.2, -0.15) is 0 Å². The lowest BCUT2D eigenvalue weighted by molar-refractivity contribution is -0.332. The molecule has 2 rings (SSSR count). The van der Waals surface area contributed by atoms with Crippen molar-refractivity contribution in [3.05, 3.63) is 48.6 Å². The molecule has 370 valence electrons. The van der Waals surface area contributed by atoms with Crippen LogP contribution in [0.1, 0.15) is 155 Å². The summed E-state index contributed by atoms with van der Waals surface area (Å²) in [6.07, 6.45) is 21.5. The number of carbonyl (C=O) groups is 2. The molecule has 0 radical (unpaired) electrons. The molecule has 2 aliphatic rings. The zero-order chi connectivity index (χ0) is 46.8. The zero-order valence-electron chi connectivity index (χ0n) is 38.8. The summed E-state index contributed by atoms with van der Waals surface area (Å²) >= 11 is 0. The molecule has 11 atom stereocenters. The molecule has 0 saturated carbocycles. The van der Waals surface area contributed by atoms with Crippen LogP contribution in [0.15, 0.2) is 48.6 Å². The van der Waals surface area contributed by atoms with Crippen molar-refractivity contribution >= 4 is 11.9 Å². The maximum Gasteiger partial charge on any atom is 0.306 e. The predicted octanol–water partition coefficient (Wildman–Crippen LogP) is 5.93. The van der Waals surface area contributed by atoms with Crippen LogP contribution in [0.25, 0.3) is 0 Å². The highest BCUT2D eigenvalue weighted by atomic mass is 16.7. The largest absolute Gasteiger partial charge is 0.462 e. The van der Waals surface area contributed by atoms with E-state index in [1.165, 1.54) is 32.1 Å². The summed E-state index contributed by atoms with van der Waals surface area (Å²) in [6.45, 7) is 2.46. The van der Waals surface area contributed by atoms with Crippen molar-refractivity contribution < 1.29 is 73.8 Å². The Morgan fingerprint density at radius 2 is 0.953 bits per heavy atom. The van der Waals surface area contributed by atoms with Crippen molar-refractivity contribution in [2.75, 3.05) is 26.4 Å². The van der Waals surface area contributed by atoms with Crippen LogP contribution in [-0.2, 0) is 38.0 Å². The van der Waals surface area contributed by atoms with E-state index in [0.717, 1.165) is 83.5 Å². The van der Waals surface area contributed by atoms with Gasteiger partial charge in [-0.3, -0.25) is 9.59 Å². The first kappa shape index (κ1) is 57.6. The molecular formula is C49H84O15. The van der Waals surface area contributed by atoms with E-state index in [1.54, 1.807) is 0 Å². The first-order chi connectivity index (χ1) is 31.0. The third-order valence-corrected chi connectivity index (χ3v) is 11.3. The Labute approximate surface area is 382 Å². The second-order valence-corrected chi connectivity index (χ2v) is 16.9. The zero-order valence-corrected chi connectivity index (χ0v) is 38.8. The standard InChI is InChI=1S/C49H84O15/c1-3-5-7-9-11-13-15-16-17-18-19-20-22-23-25-27-29-31-40(51)59-34-37(62-41(52)32-30-28-26-24-21-14-12-10-8-6-4-2)35-60-48-47(58)45(56)43(54)39(64-48)36-61-49-46(57)44(55)42(53)38(33-50)63-49/h10-13,16-17,19-20,37-39,42-50,53-58H,3-9,14-15,18,21-36H2,1-2H3/b12-10+,13-11+,17-16+,20-19+/t37-,38+,39+,42-,43-,44?,45?,46?,47?,48+,49+/m0/s1. The highest BCUT2D eigenvalue weighted by Gasteiger charge is 2.47. The third-order valence-electron chi connectivity index (χ3n) is 11.3. The second kappa shape index (κ2) is 36.6. The first-order valence-corrected chi connectivity index (χ1v) is 24.2. The highest BCUT2D eigenvalue weighted by molar-refractivity contribution is 5.70. The molecule has 4 unspecified atom stereocenters. The number of ether oxygens (including phenoxy) is 6. The average molecular weight is 913 g/mol. The number of rotatable bonds is 36. The van der Waals surface area contributed by atoms with E-state index in [-0.39, 0.29) is 19.4 Å². The third kappa shape index (κ3) is 24.8. The monoisotopic (exact) mass is 913 g/mol. The maximum absolute atomic E-state index is 12.9. The molecule has 0 aromatic carbocycles. The number of hydrogen-bond acceptors (Lipinski definition) is 15. The Bertz CT molecular complexity index is 1300. The summed E-state index contributed by atoms with van der Waals surface area (Å²) in [7, 11) is 0. The lowest BCUT2D eigenvalue weighted by Gasteiger charge is -2.42. The molecule has 7 N–H and O–H groups in total. The van der Waals surface area contributed by atoms with E-state index < -0.39 is 99.3 Å². The van der Waals surface area contributed by atoms with Gasteiger partial charge < -0.3 is 64.2 Å². The molecule has 2 aliphatic heterocycles. The van der Waals surface area contributed by atoms with Gasteiger partial charge in [0.15, 0.2) is 18.7 Å². The van der Waals surface area contributed by atoms with E-state index in [9.17, 15) is 45.3 Å². The van der Waals surface area contributed by atoms with Crippen molar-refractivity contribution in [2.24, 2.45) is 0 Å². The van der Waals surface area contributed by atoms with Crippen LogP contribution in [0.4, 0.5) is 0 Å². The topological polar surface area (TPSA) is 231 Å². The number of carbonyl (C=O) groups excluding carboxylic acids is 2. The maximum atomic E-state index is 12.9. The molecule has 0 spiro atoms. The second-order valence-electron chi connectivity index (χ2n) is 16.9. The number of aliphatic hydroxyl groups is 7. The van der Waals surface area contributed by atoms with Crippen molar-refractivity contribution in [3.63, 3.8) is 0 Å². The molecule has 2 fully saturated rings. The van der Waals surface area contributed by atoms with Crippen molar-refractivity contribution in [3.8, 4) is 0 Å². The fourth-order valence-corrected chi connectivity index (χ4v) is 7.20. The first-order valence-electron chi connectivity index (χ1n) is 24.2. The highest BCUT2D eigenvalue weighted by Crippen LogP contribution is 2.26. The molecule has 0 aromatic heterocycles. The van der Waals surface area contributed by atoms with Gasteiger partial charge >= 0.3 is 11.9 Å². The smallest absolute Gasteiger partial charge is 0.306 e. The van der Waals surface area contributed by atoms with Gasteiger partial charge in [0.2, 0.25) is 0 Å². The van der Waals surface area contributed by atoms with Gasteiger partial charge in [0.25, 0.3) is 0 Å². The van der Waals surface area contributed by atoms with Gasteiger partial charge in [-0.25, -0.2) is 0 Å². The molecular weight excluding hydrogens is 829 g/mol. The van der Waals surface area contributed by atoms with Crippen LogP contribution in [0, 0.1) is 0 Å². The Kier molecular flexibility index (Phi) is 32.9. The molecule has 0 aliphatic carbocycles. The number of unbranched alkanes of at least 4 members (excludes halogenated alkanes) is 14. The number of allylic oxidation sites excluding steroid dienone is 8. The molecule has 2 heterocycles. The summed E-state index contributed by atoms with van der Waals surface area (Å²) in [4.78, 5) is 25.6. The van der Waals surface area contributed by atoms with Crippen molar-refractivity contribution in [1.29, 1.82) is 0 Å². The summed E-state index contributed by atoms with van der Waals surface area (Å²) in [6, 6.07) is 0. The SMILES string of the molecule is CCCC/C=C/CCCCCCCC(=O)O[C@@H](COC(=O)CCCCCC/C=C/C/C=C/C/C=C/CCCCC)CO[C@@H]1O[C@H](CO[C@@H]2O[C@H](CO)[C@H](O)C(O)C2O)[C@H](O)C(O)C1O. The summed E-state index contributed by atoms with van der Waals surface area (Å²) in [5, 5.41) is 71.9. The Hall–Kier alpha value is -2.54. The fraction of sp³-hybridized carbons (Fsp3) is 0.796. The summed E-state index contributed by atoms with van der Waals surface area (Å²) in [5.74, 6) is -0.966. The predicted molar refractivity (Wildman–Crippen MR) is 243 cm³/mol. The molecule has 2 saturated heterocycles. The van der Waals surface area contributed by atoms with Gasteiger partial charge in [0, 0.05) is 12.8 Å². The van der Waals surface area contributed by atoms with Crippen LogP contribution < -0.4 is 0 Å². The summed E-state index contributed by atoms with van der Waals surface area (Å²) in [5.41, 5.74) is 0. The van der Waals surface area contributed by atoms with Crippen LogP contribution in [0.5, 0.6) is 0 Å². The quantitative estimate of drug-likeness (QED) is 0.0220. The van der Waals surface area contributed by atoms with Gasteiger partial charge in [-0.15, -0.1) is 0 Å². The normalized spacial score (nSPS) is 27.0. The van der Waals surface area contributed by atoms with Crippen molar-refractivity contribution in [1.82, 2.24) is 0 Å². The molecule has 64 heavy (non-hydrogen) atoms. The van der Waals surface area contributed by atoms with E-state index in [4.69, 9.17) is 28.4 Å². The Balaban J connectivity index is 1.84. The van der Waals surface area contributed by atoms with Crippen LogP contribution in [-0.4, -0.2) is 142 Å². The van der Waals surface area contributed by atoms with Crippen molar-refractivity contribution in [2.45, 2.75) is 223 Å². The molecule has 15 heteroatoms. The van der Waals surface area contributed by atoms with E-state index in [0.29, 0.717) is 12.8 Å². The lowest BCUT2D eigenvalue weighted by atomic mass is 9.98. The van der Waals surface area contributed by atoms with Crippen LogP contribution in [0.3, 0.4) is 0 Å². The molecule has 0 aromatic rings. The molecule has 0 bridgehead atoms. The molecule has 15 nitrogen and oxygen atoms in total. The van der Waals surface area contributed by atoms with Gasteiger partial charge in [0.05, 0.1) is 19.8 Å². The Morgan fingerprint density at radius 1 is 0.500 bits per heavy atom. The fourth-order valence-electron chi connectivity index (χ4n) is 7.20. The number of hydrogen-bond donors (Lipinski definition) is 7. The lowest BCUT2D eigenvalue weighted by Crippen LogP contribution is -2.61. The van der Waals surface area contributed by atoms with Gasteiger partial charge in [-0.1, -0.05) is 120 Å². The minimum absolute atomic E-state index is 0.148. The number of aliphatic hydroxyl groups excluding tert-OH is 7. The van der Waals surface area contributed by atoms with Gasteiger partial charge in [0.1, 0.15) is 55.4 Å². The molecule has 0 amide bonds. The van der Waals surface area contributed by atoms with Gasteiger partial charge in [-0.05, 0) is 70.6 Å². The summed E-state index contributed by atoms with van der Waals surface area (Å²) < 4.78 is 33.4. The van der Waals surface area contributed by atoms with E-state index in [1.807, 2.05) is 0 Å². The van der Waals surface area contributed by atoms with E-state index >= 15 is 0 Å². The Morgan fingerprint density at radius 3 is 1.53 bits per heavy atom. The number of esters is 2. The minimum Gasteiger partial charge on any atom is -0.462 e. The minimum atomic E-state index is -1.77. The van der Waals surface area contributed by atoms with E-state index in [2.05, 4.69) is 62.5 Å². The average Bonchev–Trinajstić information content (AvgIpc) is 3.29. The van der Waals surface area contributed by atoms with Crippen LogP contribution in [0.2, 0.25) is 0 Å². The van der Waals surface area contributed by atoms with Crippen LogP contribution >= 0.6 is 0 Å².